The van der Waals surface area contributed by atoms with Gasteiger partial charge < -0.3 is 15.0 Å². The number of hydrogen-bond acceptors (Lipinski definition) is 5. The van der Waals surface area contributed by atoms with Gasteiger partial charge in [0, 0.05) is 25.2 Å². The van der Waals surface area contributed by atoms with Gasteiger partial charge in [-0.25, -0.2) is 0 Å². The van der Waals surface area contributed by atoms with E-state index in [1.807, 2.05) is 0 Å². The maximum absolute atomic E-state index is 11.9. The molecule has 0 aromatic rings. The highest BCUT2D eigenvalue weighted by molar-refractivity contribution is 5.76. The predicted molar refractivity (Wildman–Crippen MR) is 75.1 cm³/mol. The highest BCUT2D eigenvalue weighted by Gasteiger charge is 2.31. The van der Waals surface area contributed by atoms with Gasteiger partial charge in [-0.05, 0) is 46.3 Å². The van der Waals surface area contributed by atoms with Gasteiger partial charge in [0.05, 0.1) is 7.11 Å². The van der Waals surface area contributed by atoms with E-state index in [9.17, 15) is 4.79 Å². The van der Waals surface area contributed by atoms with Crippen LogP contribution in [0.3, 0.4) is 0 Å². The highest BCUT2D eigenvalue weighted by atomic mass is 16.5. The molecule has 2 aliphatic rings. The quantitative estimate of drug-likeness (QED) is 0.728. The number of methoxy groups -OCH3 is 1. The van der Waals surface area contributed by atoms with E-state index in [1.165, 1.54) is 20.0 Å². The summed E-state index contributed by atoms with van der Waals surface area (Å²) < 4.78 is 4.93. The second-order valence-corrected chi connectivity index (χ2v) is 5.98. The fourth-order valence-corrected chi connectivity index (χ4v) is 2.80. The van der Waals surface area contributed by atoms with Gasteiger partial charge in [-0.15, -0.1) is 0 Å². The first-order valence-corrected chi connectivity index (χ1v) is 7.36. The molecule has 110 valence electrons. The molecule has 0 radical (unpaired) electrons. The average molecular weight is 269 g/mol. The van der Waals surface area contributed by atoms with Crippen LogP contribution in [0.15, 0.2) is 0 Å². The summed E-state index contributed by atoms with van der Waals surface area (Å²) in [6.07, 6.45) is 3.54. The van der Waals surface area contributed by atoms with Crippen molar-refractivity contribution in [3.8, 4) is 0 Å². The molecular formula is C14H27N3O2. The molecule has 1 heterocycles. The smallest absolute Gasteiger partial charge is 0.324 e. The maximum atomic E-state index is 11.9. The van der Waals surface area contributed by atoms with Gasteiger partial charge in [-0.3, -0.25) is 9.69 Å². The average Bonchev–Trinajstić information content (AvgIpc) is 3.19. The molecule has 2 fully saturated rings. The van der Waals surface area contributed by atoms with Crippen LogP contribution in [-0.4, -0.2) is 74.2 Å². The standard InChI is InChI=1S/C14H27N3O2/c1-11-9-16(2)7-4-8-17(11)10-13(14(18)19-3)15-12-5-6-12/h11-13,15H,4-10H2,1-3H3. The SMILES string of the molecule is COC(=O)C(CN1CCCN(C)CC1C)NC1CC1. The minimum atomic E-state index is -0.177. The van der Waals surface area contributed by atoms with Gasteiger partial charge in [0.15, 0.2) is 0 Å². The molecule has 1 aliphatic heterocycles. The normalized spacial score (nSPS) is 27.8. The molecule has 1 aliphatic carbocycles. The fraction of sp³-hybridized carbons (Fsp3) is 0.929. The summed E-state index contributed by atoms with van der Waals surface area (Å²) in [6, 6.07) is 0.832. The third kappa shape index (κ3) is 4.44. The molecule has 19 heavy (non-hydrogen) atoms. The first-order valence-electron chi connectivity index (χ1n) is 7.36. The Labute approximate surface area is 116 Å². The third-order valence-electron chi connectivity index (χ3n) is 4.10. The monoisotopic (exact) mass is 269 g/mol. The van der Waals surface area contributed by atoms with Gasteiger partial charge >= 0.3 is 5.97 Å². The Kier molecular flexibility index (Phi) is 5.19. The third-order valence-corrected chi connectivity index (χ3v) is 4.10. The lowest BCUT2D eigenvalue weighted by molar-refractivity contribution is -0.143. The van der Waals surface area contributed by atoms with E-state index in [2.05, 4.69) is 29.1 Å². The van der Waals surface area contributed by atoms with Crippen molar-refractivity contribution in [2.24, 2.45) is 0 Å². The van der Waals surface area contributed by atoms with E-state index in [0.29, 0.717) is 12.1 Å². The van der Waals surface area contributed by atoms with Gasteiger partial charge in [0.1, 0.15) is 6.04 Å². The first-order chi connectivity index (χ1) is 9.10. The Morgan fingerprint density at radius 3 is 2.79 bits per heavy atom. The highest BCUT2D eigenvalue weighted by Crippen LogP contribution is 2.20. The molecule has 0 aromatic carbocycles. The number of likely N-dealkylation sites (N-methyl/N-ethyl adjacent to an activating group) is 1. The molecule has 2 atom stereocenters. The molecule has 5 heteroatoms. The number of esters is 1. The summed E-state index contributed by atoms with van der Waals surface area (Å²) in [6.45, 7) is 6.27. The van der Waals surface area contributed by atoms with Crippen LogP contribution >= 0.6 is 0 Å². The summed E-state index contributed by atoms with van der Waals surface area (Å²) in [5.74, 6) is -0.128. The fourth-order valence-electron chi connectivity index (χ4n) is 2.80. The summed E-state index contributed by atoms with van der Waals surface area (Å²) in [7, 11) is 3.64. The minimum absolute atomic E-state index is 0.128. The number of ether oxygens (including phenoxy) is 1. The molecule has 2 rings (SSSR count). The van der Waals surface area contributed by atoms with Crippen LogP contribution in [0.2, 0.25) is 0 Å². The first kappa shape index (κ1) is 14.8. The van der Waals surface area contributed by atoms with Gasteiger partial charge in [0.25, 0.3) is 0 Å². The van der Waals surface area contributed by atoms with Crippen molar-refractivity contribution in [2.45, 2.75) is 44.3 Å². The van der Waals surface area contributed by atoms with Crippen molar-refractivity contribution in [1.29, 1.82) is 0 Å². The van der Waals surface area contributed by atoms with Gasteiger partial charge in [-0.1, -0.05) is 0 Å². The Balaban J connectivity index is 1.92. The molecule has 1 saturated carbocycles. The van der Waals surface area contributed by atoms with E-state index in [1.54, 1.807) is 0 Å². The molecule has 5 nitrogen and oxygen atoms in total. The van der Waals surface area contributed by atoms with Crippen molar-refractivity contribution < 1.29 is 9.53 Å². The molecule has 0 spiro atoms. The van der Waals surface area contributed by atoms with Crippen LogP contribution in [0, 0.1) is 0 Å². The molecule has 0 bridgehead atoms. The molecule has 0 amide bonds. The van der Waals surface area contributed by atoms with E-state index in [4.69, 9.17) is 4.74 Å². The van der Waals surface area contributed by atoms with Crippen molar-refractivity contribution in [3.63, 3.8) is 0 Å². The maximum Gasteiger partial charge on any atom is 0.324 e. The van der Waals surface area contributed by atoms with Crippen molar-refractivity contribution in [1.82, 2.24) is 15.1 Å². The van der Waals surface area contributed by atoms with E-state index < -0.39 is 0 Å². The van der Waals surface area contributed by atoms with E-state index in [0.717, 1.165) is 32.6 Å². The Hall–Kier alpha value is -0.650. The predicted octanol–water partition coefficient (Wildman–Crippen LogP) is 0.306. The van der Waals surface area contributed by atoms with E-state index in [-0.39, 0.29) is 12.0 Å². The second kappa shape index (κ2) is 6.68. The van der Waals surface area contributed by atoms with E-state index >= 15 is 0 Å². The molecule has 0 aromatic heterocycles. The number of nitrogens with zero attached hydrogens (tertiary/aromatic N) is 2. The Bertz CT molecular complexity index is 307. The number of nitrogens with one attached hydrogen (secondary N) is 1. The van der Waals surface area contributed by atoms with Crippen LogP contribution in [0.1, 0.15) is 26.2 Å². The Morgan fingerprint density at radius 1 is 1.42 bits per heavy atom. The second-order valence-electron chi connectivity index (χ2n) is 5.98. The lowest BCUT2D eigenvalue weighted by atomic mass is 10.2. The van der Waals surface area contributed by atoms with Crippen LogP contribution < -0.4 is 5.32 Å². The number of rotatable bonds is 5. The number of carbonyl (C=O) groups excluding carboxylic acids is 1. The summed E-state index contributed by atoms with van der Waals surface area (Å²) in [5, 5.41) is 3.41. The summed E-state index contributed by atoms with van der Waals surface area (Å²) in [4.78, 5) is 16.7. The van der Waals surface area contributed by atoms with Gasteiger partial charge in [0.2, 0.25) is 0 Å². The molecule has 1 saturated heterocycles. The van der Waals surface area contributed by atoms with Crippen LogP contribution in [0.4, 0.5) is 0 Å². The summed E-state index contributed by atoms with van der Waals surface area (Å²) in [5.41, 5.74) is 0. The zero-order valence-electron chi connectivity index (χ0n) is 12.4. The van der Waals surface area contributed by atoms with Crippen LogP contribution in [-0.2, 0) is 9.53 Å². The lowest BCUT2D eigenvalue weighted by Crippen LogP contribution is -2.50. The van der Waals surface area contributed by atoms with Gasteiger partial charge in [-0.2, -0.15) is 0 Å². The van der Waals surface area contributed by atoms with Crippen molar-refractivity contribution in [3.05, 3.63) is 0 Å². The van der Waals surface area contributed by atoms with Crippen molar-refractivity contribution >= 4 is 5.97 Å². The van der Waals surface area contributed by atoms with Crippen LogP contribution in [0.5, 0.6) is 0 Å². The minimum Gasteiger partial charge on any atom is -0.468 e. The topological polar surface area (TPSA) is 44.8 Å². The molecular weight excluding hydrogens is 242 g/mol. The number of hydrogen-bond donors (Lipinski definition) is 1. The number of carbonyl (C=O) groups is 1. The molecule has 1 N–H and O–H groups in total. The Morgan fingerprint density at radius 2 is 2.16 bits per heavy atom. The molecule has 2 unspecified atom stereocenters. The zero-order valence-corrected chi connectivity index (χ0v) is 12.4. The van der Waals surface area contributed by atoms with Crippen molar-refractivity contribution in [2.75, 3.05) is 40.3 Å². The zero-order chi connectivity index (χ0) is 13.8. The van der Waals surface area contributed by atoms with Crippen LogP contribution in [0.25, 0.3) is 0 Å². The lowest BCUT2D eigenvalue weighted by Gasteiger charge is -2.31. The summed E-state index contributed by atoms with van der Waals surface area (Å²) >= 11 is 0. The largest absolute Gasteiger partial charge is 0.468 e.